The zero-order valence-corrected chi connectivity index (χ0v) is 13.8. The van der Waals surface area contributed by atoms with Crippen LogP contribution in [0.2, 0.25) is 0 Å². The number of sulfone groups is 1. The fraction of sp³-hybridized carbons (Fsp3) is 0.214. The maximum absolute atomic E-state index is 12.8. The molecular formula is C14H10F3N3O2S2. The predicted molar refractivity (Wildman–Crippen MR) is 83.4 cm³/mol. The highest BCUT2D eigenvalue weighted by molar-refractivity contribution is 7.91. The fourth-order valence-electron chi connectivity index (χ4n) is 2.05. The normalized spacial score (nSPS) is 12.7. The summed E-state index contributed by atoms with van der Waals surface area (Å²) < 4.78 is 62.6. The minimum atomic E-state index is -4.52. The first-order valence-corrected chi connectivity index (χ1v) is 9.20. The van der Waals surface area contributed by atoms with E-state index in [1.165, 1.54) is 25.4 Å². The lowest BCUT2D eigenvalue weighted by molar-refractivity contribution is -0.137. The van der Waals surface area contributed by atoms with Crippen molar-refractivity contribution in [3.63, 3.8) is 0 Å². The van der Waals surface area contributed by atoms with Crippen LogP contribution in [0.3, 0.4) is 0 Å². The predicted octanol–water partition coefficient (Wildman–Crippen LogP) is 3.57. The van der Waals surface area contributed by atoms with Gasteiger partial charge < -0.3 is 0 Å². The van der Waals surface area contributed by atoms with E-state index in [4.69, 9.17) is 0 Å². The van der Waals surface area contributed by atoms with E-state index in [0.717, 1.165) is 23.6 Å². The molecule has 0 aliphatic carbocycles. The van der Waals surface area contributed by atoms with E-state index in [1.54, 1.807) is 0 Å². The molecular weight excluding hydrogens is 363 g/mol. The summed E-state index contributed by atoms with van der Waals surface area (Å²) in [6.45, 7) is 1.50. The smallest absolute Gasteiger partial charge is 0.263 e. The summed E-state index contributed by atoms with van der Waals surface area (Å²) >= 11 is 1.03. The summed E-state index contributed by atoms with van der Waals surface area (Å²) in [4.78, 5) is 12.0. The summed E-state index contributed by atoms with van der Waals surface area (Å²) in [5.41, 5.74) is -0.520. The lowest BCUT2D eigenvalue weighted by Gasteiger charge is -2.05. The maximum atomic E-state index is 12.8. The molecule has 0 aromatic carbocycles. The molecule has 0 spiro atoms. The second-order valence-electron chi connectivity index (χ2n) is 4.84. The van der Waals surface area contributed by atoms with E-state index in [2.05, 4.69) is 15.0 Å². The van der Waals surface area contributed by atoms with Crippen molar-refractivity contribution in [3.8, 4) is 10.6 Å². The largest absolute Gasteiger partial charge is 0.417 e. The summed E-state index contributed by atoms with van der Waals surface area (Å²) in [6, 6.07) is 2.38. The van der Waals surface area contributed by atoms with Crippen molar-refractivity contribution in [1.29, 1.82) is 0 Å². The molecule has 24 heavy (non-hydrogen) atoms. The number of halogens is 3. The minimum Gasteiger partial charge on any atom is -0.263 e. The van der Waals surface area contributed by atoms with Gasteiger partial charge in [-0.15, -0.1) is 0 Å². The van der Waals surface area contributed by atoms with Crippen molar-refractivity contribution >= 4 is 31.5 Å². The molecule has 3 heterocycles. The van der Waals surface area contributed by atoms with E-state index >= 15 is 0 Å². The highest BCUT2D eigenvalue weighted by Gasteiger charge is 2.31. The fourth-order valence-corrected chi connectivity index (χ4v) is 4.08. The van der Waals surface area contributed by atoms with Gasteiger partial charge in [-0.2, -0.15) is 13.2 Å². The topological polar surface area (TPSA) is 72.8 Å². The van der Waals surface area contributed by atoms with Gasteiger partial charge >= 0.3 is 6.18 Å². The van der Waals surface area contributed by atoms with Crippen LogP contribution in [0.1, 0.15) is 12.5 Å². The van der Waals surface area contributed by atoms with Crippen LogP contribution in [0.15, 0.2) is 35.6 Å². The lowest BCUT2D eigenvalue weighted by atomic mass is 10.2. The Morgan fingerprint density at radius 2 is 2.00 bits per heavy atom. The van der Waals surface area contributed by atoms with Crippen LogP contribution < -0.4 is 0 Å². The zero-order chi connectivity index (χ0) is 17.5. The SMILES string of the molecule is CCS(=O)(=O)c1cnccc1-c1nc2cc(C(F)(F)F)cnc2s1. The van der Waals surface area contributed by atoms with E-state index in [-0.39, 0.29) is 21.2 Å². The van der Waals surface area contributed by atoms with Gasteiger partial charge in [0.15, 0.2) is 9.84 Å². The Morgan fingerprint density at radius 1 is 1.25 bits per heavy atom. The third kappa shape index (κ3) is 2.98. The molecule has 0 saturated heterocycles. The van der Waals surface area contributed by atoms with Crippen LogP contribution in [-0.4, -0.2) is 29.1 Å². The van der Waals surface area contributed by atoms with E-state index in [9.17, 15) is 21.6 Å². The molecule has 0 saturated carbocycles. The van der Waals surface area contributed by atoms with Crippen LogP contribution in [0.25, 0.3) is 20.9 Å². The third-order valence-corrected chi connectivity index (χ3v) is 6.07. The van der Waals surface area contributed by atoms with Crippen molar-refractivity contribution < 1.29 is 21.6 Å². The van der Waals surface area contributed by atoms with Gasteiger partial charge in [-0.05, 0) is 12.1 Å². The molecule has 0 aliphatic heterocycles. The Balaban J connectivity index is 2.18. The number of hydrogen-bond acceptors (Lipinski definition) is 6. The number of nitrogens with zero attached hydrogens (tertiary/aromatic N) is 3. The van der Waals surface area contributed by atoms with E-state index in [0.29, 0.717) is 10.4 Å². The molecule has 5 nitrogen and oxygen atoms in total. The summed E-state index contributed by atoms with van der Waals surface area (Å²) in [6.07, 6.45) is -1.15. The molecule has 0 N–H and O–H groups in total. The molecule has 126 valence electrons. The van der Waals surface area contributed by atoms with Crippen LogP contribution in [-0.2, 0) is 16.0 Å². The molecule has 0 atom stereocenters. The number of rotatable bonds is 3. The summed E-state index contributed by atoms with van der Waals surface area (Å²) in [5, 5.41) is 0.284. The minimum absolute atomic E-state index is 0.00241. The van der Waals surface area contributed by atoms with Gasteiger partial charge in [-0.1, -0.05) is 18.3 Å². The number of aromatic nitrogens is 3. The Kier molecular flexibility index (Phi) is 4.04. The molecule has 0 unspecified atom stereocenters. The van der Waals surface area contributed by atoms with Gasteiger partial charge in [-0.3, -0.25) is 4.98 Å². The van der Waals surface area contributed by atoms with Gasteiger partial charge in [0.25, 0.3) is 0 Å². The van der Waals surface area contributed by atoms with Gasteiger partial charge in [0, 0.05) is 24.2 Å². The molecule has 0 amide bonds. The first kappa shape index (κ1) is 16.8. The number of alkyl halides is 3. The van der Waals surface area contributed by atoms with Gasteiger partial charge in [0.2, 0.25) is 0 Å². The average Bonchev–Trinajstić information content (AvgIpc) is 2.97. The number of pyridine rings is 2. The molecule has 3 aromatic rings. The molecule has 0 aliphatic rings. The third-order valence-electron chi connectivity index (χ3n) is 3.30. The Bertz CT molecular complexity index is 1010. The highest BCUT2D eigenvalue weighted by Crippen LogP contribution is 2.35. The lowest BCUT2D eigenvalue weighted by Crippen LogP contribution is -2.06. The van der Waals surface area contributed by atoms with Crippen LogP contribution >= 0.6 is 11.3 Å². The Labute approximate surface area is 139 Å². The van der Waals surface area contributed by atoms with Gasteiger partial charge in [-0.25, -0.2) is 18.4 Å². The van der Waals surface area contributed by atoms with Crippen LogP contribution in [0, 0.1) is 0 Å². The van der Waals surface area contributed by atoms with Gasteiger partial charge in [0.05, 0.1) is 16.2 Å². The maximum Gasteiger partial charge on any atom is 0.417 e. The number of thiazole rings is 1. The standard InChI is InChI=1S/C14H10F3N3O2S2/c1-2-24(21,22)11-7-18-4-3-9(11)12-20-10-5-8(14(15,16)17)6-19-13(10)23-12/h3-7H,2H2,1H3. The van der Waals surface area contributed by atoms with Crippen LogP contribution in [0.4, 0.5) is 13.2 Å². The molecule has 0 radical (unpaired) electrons. The molecule has 0 bridgehead atoms. The molecule has 0 fully saturated rings. The van der Waals surface area contributed by atoms with E-state index in [1.807, 2.05) is 0 Å². The van der Waals surface area contributed by atoms with Crippen LogP contribution in [0.5, 0.6) is 0 Å². The number of fused-ring (bicyclic) bond motifs is 1. The van der Waals surface area contributed by atoms with E-state index < -0.39 is 21.6 Å². The Morgan fingerprint density at radius 3 is 2.67 bits per heavy atom. The summed E-state index contributed by atoms with van der Waals surface area (Å²) in [7, 11) is -3.54. The first-order chi connectivity index (χ1) is 11.2. The van der Waals surface area contributed by atoms with Crippen molar-refractivity contribution in [3.05, 3.63) is 36.3 Å². The number of hydrogen-bond donors (Lipinski definition) is 0. The highest BCUT2D eigenvalue weighted by atomic mass is 32.2. The van der Waals surface area contributed by atoms with Crippen molar-refractivity contribution in [1.82, 2.24) is 15.0 Å². The monoisotopic (exact) mass is 373 g/mol. The second kappa shape index (κ2) is 5.78. The molecule has 3 rings (SSSR count). The first-order valence-electron chi connectivity index (χ1n) is 6.73. The quantitative estimate of drug-likeness (QED) is 0.702. The van der Waals surface area contributed by atoms with Crippen molar-refractivity contribution in [2.75, 3.05) is 5.75 Å². The summed E-state index contributed by atoms with van der Waals surface area (Å²) in [5.74, 6) is -0.118. The zero-order valence-electron chi connectivity index (χ0n) is 12.2. The second-order valence-corrected chi connectivity index (χ2v) is 8.06. The Hall–Kier alpha value is -2.07. The average molecular weight is 373 g/mol. The molecule has 10 heteroatoms. The molecule has 3 aromatic heterocycles. The van der Waals surface area contributed by atoms with Gasteiger partial charge in [0.1, 0.15) is 15.4 Å². The van der Waals surface area contributed by atoms with Crippen molar-refractivity contribution in [2.45, 2.75) is 18.0 Å². The van der Waals surface area contributed by atoms with Crippen molar-refractivity contribution in [2.24, 2.45) is 0 Å².